The summed E-state index contributed by atoms with van der Waals surface area (Å²) in [6.45, 7) is 6.27. The molecule has 1 aromatic heterocycles. The van der Waals surface area contributed by atoms with E-state index in [1.807, 2.05) is 22.6 Å². The second-order valence-electron chi connectivity index (χ2n) is 5.28. The highest BCUT2D eigenvalue weighted by atomic mass is 32.1. The van der Waals surface area contributed by atoms with Crippen molar-refractivity contribution in [1.82, 2.24) is 4.90 Å². The summed E-state index contributed by atoms with van der Waals surface area (Å²) < 4.78 is 0. The molecule has 2 rings (SSSR count). The van der Waals surface area contributed by atoms with Crippen molar-refractivity contribution in [1.29, 1.82) is 0 Å². The van der Waals surface area contributed by atoms with Crippen LogP contribution in [0.15, 0.2) is 10.8 Å². The van der Waals surface area contributed by atoms with Gasteiger partial charge < -0.3 is 10.0 Å². The predicted molar refractivity (Wildman–Crippen MR) is 69.4 cm³/mol. The van der Waals surface area contributed by atoms with E-state index in [1.54, 1.807) is 25.2 Å². The second kappa shape index (κ2) is 4.42. The number of rotatable bonds is 2. The van der Waals surface area contributed by atoms with Crippen molar-refractivity contribution in [2.24, 2.45) is 0 Å². The Hall–Kier alpha value is -0.870. The fraction of sp³-hybridized carbons (Fsp3) is 0.615. The number of thiophene rings is 1. The molecule has 1 fully saturated rings. The molecule has 1 N–H and O–H groups in total. The topological polar surface area (TPSA) is 40.5 Å². The monoisotopic (exact) mass is 253 g/mol. The third kappa shape index (κ3) is 2.38. The van der Waals surface area contributed by atoms with Gasteiger partial charge >= 0.3 is 0 Å². The summed E-state index contributed by atoms with van der Waals surface area (Å²) >= 11 is 1.55. The molecular formula is C13H19NO2S. The minimum Gasteiger partial charge on any atom is -0.388 e. The summed E-state index contributed by atoms with van der Waals surface area (Å²) in [7, 11) is 0. The summed E-state index contributed by atoms with van der Waals surface area (Å²) in [4.78, 5) is 14.2. The number of aliphatic hydroxyl groups is 1. The first-order valence-electron chi connectivity index (χ1n) is 5.97. The smallest absolute Gasteiger partial charge is 0.255 e. The largest absolute Gasteiger partial charge is 0.388 e. The predicted octanol–water partition coefficient (Wildman–Crippen LogP) is 2.43. The quantitative estimate of drug-likeness (QED) is 0.879. The molecular weight excluding hydrogens is 234 g/mol. The van der Waals surface area contributed by atoms with E-state index in [-0.39, 0.29) is 11.9 Å². The van der Waals surface area contributed by atoms with Gasteiger partial charge in [0.2, 0.25) is 0 Å². The third-order valence-electron chi connectivity index (χ3n) is 3.42. The molecule has 3 nitrogen and oxygen atoms in total. The Balaban J connectivity index is 2.23. The summed E-state index contributed by atoms with van der Waals surface area (Å²) in [5.41, 5.74) is 0.989. The molecule has 1 aliphatic heterocycles. The van der Waals surface area contributed by atoms with Gasteiger partial charge in [0.05, 0.1) is 17.2 Å². The maximum atomic E-state index is 12.4. The van der Waals surface area contributed by atoms with Gasteiger partial charge in [-0.25, -0.2) is 0 Å². The number of carbonyl (C=O) groups is 1. The van der Waals surface area contributed by atoms with E-state index < -0.39 is 5.60 Å². The molecule has 0 aromatic carbocycles. The van der Waals surface area contributed by atoms with Gasteiger partial charge in [-0.2, -0.15) is 11.3 Å². The molecule has 1 amide bonds. The first kappa shape index (κ1) is 12.6. The van der Waals surface area contributed by atoms with Gasteiger partial charge in [-0.3, -0.25) is 4.79 Å². The third-order valence-corrected chi connectivity index (χ3v) is 4.28. The van der Waals surface area contributed by atoms with Crippen molar-refractivity contribution in [3.8, 4) is 0 Å². The van der Waals surface area contributed by atoms with Crippen LogP contribution in [0.2, 0.25) is 0 Å². The number of carbonyl (C=O) groups excluding carboxylic acids is 1. The SMILES string of the molecule is Cc1cscc1C(=O)N1CCCC1C(C)(C)O. The lowest BCUT2D eigenvalue weighted by atomic mass is 9.96. The van der Waals surface area contributed by atoms with Crippen LogP contribution in [0.3, 0.4) is 0 Å². The molecule has 1 aliphatic rings. The normalized spacial score (nSPS) is 20.9. The van der Waals surface area contributed by atoms with Crippen molar-refractivity contribution in [3.63, 3.8) is 0 Å². The molecule has 94 valence electrons. The van der Waals surface area contributed by atoms with Crippen molar-refractivity contribution >= 4 is 17.2 Å². The number of hydrogen-bond acceptors (Lipinski definition) is 3. The Labute approximate surface area is 106 Å². The molecule has 0 saturated carbocycles. The van der Waals surface area contributed by atoms with E-state index in [0.29, 0.717) is 0 Å². The van der Waals surface area contributed by atoms with Crippen LogP contribution < -0.4 is 0 Å². The molecule has 17 heavy (non-hydrogen) atoms. The summed E-state index contributed by atoms with van der Waals surface area (Å²) in [6, 6.07) is -0.0608. The fourth-order valence-corrected chi connectivity index (χ4v) is 3.30. The Morgan fingerprint density at radius 3 is 2.76 bits per heavy atom. The molecule has 0 radical (unpaired) electrons. The number of aryl methyl sites for hydroxylation is 1. The van der Waals surface area contributed by atoms with E-state index in [9.17, 15) is 9.90 Å². The first-order valence-corrected chi connectivity index (χ1v) is 6.91. The number of hydrogen-bond donors (Lipinski definition) is 1. The average molecular weight is 253 g/mol. The maximum absolute atomic E-state index is 12.4. The number of likely N-dealkylation sites (tertiary alicyclic amines) is 1. The van der Waals surface area contributed by atoms with Gasteiger partial charge in [0.15, 0.2) is 0 Å². The molecule has 2 heterocycles. The standard InChI is InChI=1S/C13H19NO2S/c1-9-7-17-8-10(9)12(15)14-6-4-5-11(14)13(2,3)16/h7-8,11,16H,4-6H2,1-3H3. The van der Waals surface area contributed by atoms with Crippen LogP contribution in [0.1, 0.15) is 42.6 Å². The molecule has 4 heteroatoms. The van der Waals surface area contributed by atoms with Crippen molar-refractivity contribution in [3.05, 3.63) is 21.9 Å². The molecule has 0 bridgehead atoms. The number of amides is 1. The molecule has 0 aliphatic carbocycles. The van der Waals surface area contributed by atoms with E-state index >= 15 is 0 Å². The summed E-state index contributed by atoms with van der Waals surface area (Å²) in [5.74, 6) is 0.0633. The first-order chi connectivity index (χ1) is 7.91. The molecule has 1 aromatic rings. The Bertz CT molecular complexity index is 419. The molecule has 1 atom stereocenters. The van der Waals surface area contributed by atoms with Gasteiger partial charge in [-0.05, 0) is 44.6 Å². The van der Waals surface area contributed by atoms with Crippen LogP contribution in [0.5, 0.6) is 0 Å². The molecule has 0 spiro atoms. The van der Waals surface area contributed by atoms with E-state index in [2.05, 4.69) is 0 Å². The van der Waals surface area contributed by atoms with Crippen molar-refractivity contribution in [2.75, 3.05) is 6.54 Å². The highest BCUT2D eigenvalue weighted by Crippen LogP contribution is 2.29. The van der Waals surface area contributed by atoms with E-state index in [4.69, 9.17) is 0 Å². The Kier molecular flexibility index (Phi) is 3.27. The van der Waals surface area contributed by atoms with Crippen LogP contribution in [-0.4, -0.2) is 34.1 Å². The van der Waals surface area contributed by atoms with Gasteiger partial charge in [-0.15, -0.1) is 0 Å². The van der Waals surface area contributed by atoms with Gasteiger partial charge in [0, 0.05) is 11.9 Å². The van der Waals surface area contributed by atoms with Crippen LogP contribution >= 0.6 is 11.3 Å². The number of nitrogens with zero attached hydrogens (tertiary/aromatic N) is 1. The van der Waals surface area contributed by atoms with E-state index in [1.165, 1.54) is 0 Å². The highest BCUT2D eigenvalue weighted by Gasteiger charge is 2.39. The van der Waals surface area contributed by atoms with E-state index in [0.717, 1.165) is 30.5 Å². The zero-order valence-electron chi connectivity index (χ0n) is 10.6. The van der Waals surface area contributed by atoms with Crippen molar-refractivity contribution < 1.29 is 9.90 Å². The Morgan fingerprint density at radius 2 is 2.24 bits per heavy atom. The zero-order chi connectivity index (χ0) is 12.6. The van der Waals surface area contributed by atoms with Gasteiger partial charge in [0.1, 0.15) is 0 Å². The zero-order valence-corrected chi connectivity index (χ0v) is 11.4. The summed E-state index contributed by atoms with van der Waals surface area (Å²) in [5, 5.41) is 14.0. The average Bonchev–Trinajstić information content (AvgIpc) is 2.82. The Morgan fingerprint density at radius 1 is 1.53 bits per heavy atom. The minimum absolute atomic E-state index is 0.0608. The fourth-order valence-electron chi connectivity index (χ4n) is 2.48. The highest BCUT2D eigenvalue weighted by molar-refractivity contribution is 7.08. The van der Waals surface area contributed by atoms with Crippen molar-refractivity contribution in [2.45, 2.75) is 45.3 Å². The lowest BCUT2D eigenvalue weighted by Gasteiger charge is -2.33. The minimum atomic E-state index is -0.823. The van der Waals surface area contributed by atoms with Gasteiger partial charge in [-0.1, -0.05) is 0 Å². The lowest BCUT2D eigenvalue weighted by Crippen LogP contribution is -2.48. The van der Waals surface area contributed by atoms with Crippen LogP contribution in [0.25, 0.3) is 0 Å². The van der Waals surface area contributed by atoms with Gasteiger partial charge in [0.25, 0.3) is 5.91 Å². The summed E-state index contributed by atoms with van der Waals surface area (Å²) in [6.07, 6.45) is 1.86. The second-order valence-corrected chi connectivity index (χ2v) is 6.02. The van der Waals surface area contributed by atoms with Crippen LogP contribution in [0.4, 0.5) is 0 Å². The van der Waals surface area contributed by atoms with Crippen LogP contribution in [-0.2, 0) is 0 Å². The maximum Gasteiger partial charge on any atom is 0.255 e. The molecule has 1 unspecified atom stereocenters. The molecule has 1 saturated heterocycles. The lowest BCUT2D eigenvalue weighted by molar-refractivity contribution is 0.000327. The van der Waals surface area contributed by atoms with Crippen LogP contribution in [0, 0.1) is 6.92 Å².